The summed E-state index contributed by atoms with van der Waals surface area (Å²) in [5.74, 6) is 0.169. The first kappa shape index (κ1) is 19.1. The highest BCUT2D eigenvalue weighted by atomic mass is 19.1. The molecule has 1 aromatic carbocycles. The van der Waals surface area contributed by atoms with Crippen LogP contribution in [0.25, 0.3) is 0 Å². The maximum absolute atomic E-state index is 12.4. The fraction of sp³-hybridized carbons (Fsp3) is 0.368. The summed E-state index contributed by atoms with van der Waals surface area (Å²) in [7, 11) is 0. The number of aliphatic hydroxyl groups excluding tert-OH is 1. The Bertz CT molecular complexity index is 509. The van der Waals surface area contributed by atoms with Crippen LogP contribution in [-0.4, -0.2) is 24.3 Å². The lowest BCUT2D eigenvalue weighted by molar-refractivity contribution is 0.149. The van der Waals surface area contributed by atoms with Crippen molar-refractivity contribution in [3.63, 3.8) is 0 Å². The average Bonchev–Trinajstić information content (AvgIpc) is 2.57. The molecule has 3 nitrogen and oxygen atoms in total. The zero-order valence-electron chi connectivity index (χ0n) is 13.7. The number of aliphatic hydroxyl groups is 1. The molecule has 0 aromatic heterocycles. The number of halogens is 1. The quantitative estimate of drug-likeness (QED) is 0.582. The third-order valence-corrected chi connectivity index (χ3v) is 3.15. The van der Waals surface area contributed by atoms with Gasteiger partial charge < -0.3 is 15.2 Å². The number of hydrogen-bond donors (Lipinski definition) is 2. The van der Waals surface area contributed by atoms with Gasteiger partial charge in [0.15, 0.2) is 0 Å². The third kappa shape index (κ3) is 8.96. The second kappa shape index (κ2) is 11.6. The van der Waals surface area contributed by atoms with Crippen LogP contribution in [-0.2, 0) is 11.3 Å². The lowest BCUT2D eigenvalue weighted by atomic mass is 10.1. The van der Waals surface area contributed by atoms with E-state index in [1.165, 1.54) is 12.1 Å². The molecule has 2 rings (SSSR count). The predicted octanol–water partition coefficient (Wildman–Crippen LogP) is 4.28. The lowest BCUT2D eigenvalue weighted by Crippen LogP contribution is -2.28. The Kier molecular flexibility index (Phi) is 9.68. The topological polar surface area (TPSA) is 41.5 Å². The standard InChI is InChI=1S/C10H11FO.C9H15NO/c1-2-7-12-8-9-3-5-10(11)6-4-9;1-2-7-10-8-3-5-9(11)6-4-8/h2-6H,1,7-8H2;3,5-6,8,10-11H,2,4,7H2,1H3. The molecule has 0 fully saturated rings. The highest BCUT2D eigenvalue weighted by molar-refractivity contribution is 5.18. The molecule has 1 aromatic rings. The van der Waals surface area contributed by atoms with Gasteiger partial charge in [-0.3, -0.25) is 0 Å². The van der Waals surface area contributed by atoms with Gasteiger partial charge in [-0.25, -0.2) is 4.39 Å². The molecule has 0 spiro atoms. The number of nitrogens with one attached hydrogen (secondary N) is 1. The maximum Gasteiger partial charge on any atom is 0.123 e. The molecule has 1 atom stereocenters. The second-order valence-electron chi connectivity index (χ2n) is 5.21. The lowest BCUT2D eigenvalue weighted by Gasteiger charge is -2.14. The third-order valence-electron chi connectivity index (χ3n) is 3.15. The summed E-state index contributed by atoms with van der Waals surface area (Å²) in [6, 6.07) is 6.68. The largest absolute Gasteiger partial charge is 0.508 e. The van der Waals surface area contributed by atoms with E-state index in [0.29, 0.717) is 25.0 Å². The molecule has 0 radical (unpaired) electrons. The van der Waals surface area contributed by atoms with Gasteiger partial charge in [-0.15, -0.1) is 6.58 Å². The van der Waals surface area contributed by atoms with Crippen molar-refractivity contribution in [2.45, 2.75) is 32.4 Å². The van der Waals surface area contributed by atoms with E-state index in [1.807, 2.05) is 12.2 Å². The first-order chi connectivity index (χ1) is 11.2. The van der Waals surface area contributed by atoms with Gasteiger partial charge in [0, 0.05) is 6.04 Å². The first-order valence-corrected chi connectivity index (χ1v) is 7.89. The van der Waals surface area contributed by atoms with Crippen molar-refractivity contribution in [1.82, 2.24) is 5.32 Å². The first-order valence-electron chi connectivity index (χ1n) is 7.89. The van der Waals surface area contributed by atoms with Gasteiger partial charge >= 0.3 is 0 Å². The van der Waals surface area contributed by atoms with E-state index in [-0.39, 0.29) is 5.82 Å². The fourth-order valence-electron chi connectivity index (χ4n) is 1.93. The van der Waals surface area contributed by atoms with Crippen molar-refractivity contribution in [1.29, 1.82) is 0 Å². The molecule has 1 aliphatic carbocycles. The molecule has 0 saturated carbocycles. The zero-order valence-corrected chi connectivity index (χ0v) is 13.7. The Morgan fingerprint density at radius 3 is 2.70 bits per heavy atom. The van der Waals surface area contributed by atoms with Crippen molar-refractivity contribution in [2.24, 2.45) is 0 Å². The number of allylic oxidation sites excluding steroid dienone is 1. The van der Waals surface area contributed by atoms with Gasteiger partial charge in [-0.1, -0.05) is 31.2 Å². The van der Waals surface area contributed by atoms with Gasteiger partial charge in [-0.05, 0) is 49.2 Å². The normalized spacial score (nSPS) is 16.3. The van der Waals surface area contributed by atoms with E-state index >= 15 is 0 Å². The molecular formula is C19H26FNO2. The van der Waals surface area contributed by atoms with Crippen molar-refractivity contribution in [2.75, 3.05) is 13.2 Å². The Balaban J connectivity index is 0.000000231. The van der Waals surface area contributed by atoms with Gasteiger partial charge in [0.25, 0.3) is 0 Å². The Morgan fingerprint density at radius 2 is 2.13 bits per heavy atom. The Labute approximate surface area is 138 Å². The molecule has 1 unspecified atom stereocenters. The summed E-state index contributed by atoms with van der Waals surface area (Å²) in [5, 5.41) is 12.3. The summed E-state index contributed by atoms with van der Waals surface area (Å²) < 4.78 is 17.6. The van der Waals surface area contributed by atoms with E-state index < -0.39 is 0 Å². The van der Waals surface area contributed by atoms with Crippen LogP contribution >= 0.6 is 0 Å². The molecule has 0 saturated heterocycles. The van der Waals surface area contributed by atoms with Gasteiger partial charge in [0.05, 0.1) is 13.2 Å². The van der Waals surface area contributed by atoms with Gasteiger partial charge in [0.1, 0.15) is 11.6 Å². The SMILES string of the molecule is C=CCOCc1ccc(F)cc1.CCCNC1C=CC(O)=CC1. The van der Waals surface area contributed by atoms with Crippen LogP contribution in [0.1, 0.15) is 25.3 Å². The van der Waals surface area contributed by atoms with Crippen molar-refractivity contribution in [3.8, 4) is 0 Å². The van der Waals surface area contributed by atoms with E-state index in [9.17, 15) is 4.39 Å². The number of ether oxygens (including phenoxy) is 1. The molecular weight excluding hydrogens is 293 g/mol. The molecule has 0 heterocycles. The Morgan fingerprint density at radius 1 is 1.39 bits per heavy atom. The molecule has 0 aliphatic heterocycles. The van der Waals surface area contributed by atoms with Gasteiger partial charge in [0.2, 0.25) is 0 Å². The molecule has 126 valence electrons. The van der Waals surface area contributed by atoms with Crippen LogP contribution in [0.5, 0.6) is 0 Å². The van der Waals surface area contributed by atoms with Crippen LogP contribution in [0.3, 0.4) is 0 Å². The van der Waals surface area contributed by atoms with E-state index in [0.717, 1.165) is 24.9 Å². The average molecular weight is 319 g/mol. The summed E-state index contributed by atoms with van der Waals surface area (Å²) >= 11 is 0. The molecule has 0 amide bonds. The molecule has 0 bridgehead atoms. The molecule has 2 N–H and O–H groups in total. The summed E-state index contributed by atoms with van der Waals surface area (Å²) in [6.45, 7) is 7.74. The predicted molar refractivity (Wildman–Crippen MR) is 92.8 cm³/mol. The van der Waals surface area contributed by atoms with E-state index in [4.69, 9.17) is 9.84 Å². The van der Waals surface area contributed by atoms with Crippen LogP contribution in [0, 0.1) is 5.82 Å². The second-order valence-corrected chi connectivity index (χ2v) is 5.21. The Hall–Kier alpha value is -1.91. The molecule has 1 aliphatic rings. The molecule has 23 heavy (non-hydrogen) atoms. The van der Waals surface area contributed by atoms with Crippen LogP contribution in [0.2, 0.25) is 0 Å². The molecule has 4 heteroatoms. The fourth-order valence-corrected chi connectivity index (χ4v) is 1.93. The van der Waals surface area contributed by atoms with Crippen molar-refractivity contribution >= 4 is 0 Å². The summed E-state index contributed by atoms with van der Waals surface area (Å²) in [6.07, 6.45) is 9.33. The number of benzene rings is 1. The van der Waals surface area contributed by atoms with Crippen molar-refractivity contribution < 1.29 is 14.2 Å². The minimum atomic E-state index is -0.220. The monoisotopic (exact) mass is 319 g/mol. The van der Waals surface area contributed by atoms with E-state index in [1.54, 1.807) is 24.3 Å². The van der Waals surface area contributed by atoms with E-state index in [2.05, 4.69) is 18.8 Å². The van der Waals surface area contributed by atoms with Gasteiger partial charge in [-0.2, -0.15) is 0 Å². The number of rotatable bonds is 7. The highest BCUT2D eigenvalue weighted by Gasteiger charge is 2.05. The minimum absolute atomic E-state index is 0.220. The minimum Gasteiger partial charge on any atom is -0.508 e. The van der Waals surface area contributed by atoms with Crippen molar-refractivity contribution in [3.05, 3.63) is 72.3 Å². The summed E-state index contributed by atoms with van der Waals surface area (Å²) in [4.78, 5) is 0. The van der Waals surface area contributed by atoms with Crippen LogP contribution < -0.4 is 5.32 Å². The highest BCUT2D eigenvalue weighted by Crippen LogP contribution is 2.07. The maximum atomic E-state index is 12.4. The van der Waals surface area contributed by atoms with Crippen LogP contribution in [0.4, 0.5) is 4.39 Å². The smallest absolute Gasteiger partial charge is 0.123 e. The summed E-state index contributed by atoms with van der Waals surface area (Å²) in [5.41, 5.74) is 0.971. The van der Waals surface area contributed by atoms with Crippen LogP contribution in [0.15, 0.2) is 60.9 Å². The zero-order chi connectivity index (χ0) is 16.9. The number of hydrogen-bond acceptors (Lipinski definition) is 3.